The summed E-state index contributed by atoms with van der Waals surface area (Å²) < 4.78 is 9.73. The monoisotopic (exact) mass is 381 g/mol. The average Bonchev–Trinajstić information content (AvgIpc) is 2.71. The molecule has 0 spiro atoms. The minimum Gasteiger partial charge on any atom is -0.465 e. The van der Waals surface area contributed by atoms with Crippen molar-refractivity contribution >= 4 is 23.9 Å². The lowest BCUT2D eigenvalue weighted by atomic mass is 10.1. The van der Waals surface area contributed by atoms with E-state index in [2.05, 4.69) is 10.1 Å². The lowest BCUT2D eigenvalue weighted by molar-refractivity contribution is -0.150. The summed E-state index contributed by atoms with van der Waals surface area (Å²) in [6.07, 6.45) is 1.86. The second-order valence-electron chi connectivity index (χ2n) is 6.23. The van der Waals surface area contributed by atoms with Gasteiger partial charge >= 0.3 is 11.9 Å². The minimum absolute atomic E-state index is 0.364. The Kier molecular flexibility index (Phi) is 7.51. The van der Waals surface area contributed by atoms with E-state index < -0.39 is 18.0 Å². The maximum absolute atomic E-state index is 12.1. The topological polar surface area (TPSA) is 81.7 Å². The van der Waals surface area contributed by atoms with E-state index >= 15 is 0 Å². The third-order valence-corrected chi connectivity index (χ3v) is 3.99. The van der Waals surface area contributed by atoms with E-state index in [-0.39, 0.29) is 5.91 Å². The number of amides is 1. The molecule has 6 nitrogen and oxygen atoms in total. The maximum Gasteiger partial charge on any atom is 0.337 e. The largest absolute Gasteiger partial charge is 0.465 e. The van der Waals surface area contributed by atoms with E-state index in [9.17, 15) is 14.4 Å². The maximum atomic E-state index is 12.1. The van der Waals surface area contributed by atoms with E-state index in [1.54, 1.807) is 30.3 Å². The minimum atomic E-state index is -0.913. The number of ether oxygens (including phenoxy) is 2. The SMILES string of the molecule is COC(=O)c1ccc(/C=C/C(=O)O[C@@H](C)C(=O)NCc2ccc(C)cc2)cc1. The number of methoxy groups -OCH3 is 1. The molecule has 0 aliphatic heterocycles. The summed E-state index contributed by atoms with van der Waals surface area (Å²) in [4.78, 5) is 35.4. The highest BCUT2D eigenvalue weighted by atomic mass is 16.5. The number of rotatable bonds is 7. The number of hydrogen-bond donors (Lipinski definition) is 1. The molecule has 0 radical (unpaired) electrons. The van der Waals surface area contributed by atoms with Crippen molar-refractivity contribution in [1.29, 1.82) is 0 Å². The van der Waals surface area contributed by atoms with E-state index in [1.165, 1.54) is 20.1 Å². The fraction of sp³-hybridized carbons (Fsp3) is 0.227. The van der Waals surface area contributed by atoms with Crippen LogP contribution >= 0.6 is 0 Å². The average molecular weight is 381 g/mol. The van der Waals surface area contributed by atoms with Crippen molar-refractivity contribution in [2.75, 3.05) is 7.11 Å². The van der Waals surface area contributed by atoms with Crippen LogP contribution < -0.4 is 5.32 Å². The Hall–Kier alpha value is -3.41. The van der Waals surface area contributed by atoms with Gasteiger partial charge in [-0.2, -0.15) is 0 Å². The second-order valence-corrected chi connectivity index (χ2v) is 6.23. The van der Waals surface area contributed by atoms with Gasteiger partial charge in [-0.3, -0.25) is 4.79 Å². The number of esters is 2. The first-order valence-corrected chi connectivity index (χ1v) is 8.79. The first kappa shape index (κ1) is 20.9. The number of aryl methyl sites for hydroxylation is 1. The molecule has 1 N–H and O–H groups in total. The molecule has 2 aromatic rings. The Bertz CT molecular complexity index is 854. The van der Waals surface area contributed by atoms with Crippen LogP contribution in [0.25, 0.3) is 6.08 Å². The van der Waals surface area contributed by atoms with Crippen LogP contribution in [-0.4, -0.2) is 31.1 Å². The van der Waals surface area contributed by atoms with Gasteiger partial charge < -0.3 is 14.8 Å². The molecule has 0 aliphatic rings. The van der Waals surface area contributed by atoms with Gasteiger partial charge in [-0.05, 0) is 43.2 Å². The molecule has 0 aromatic heterocycles. The first-order valence-electron chi connectivity index (χ1n) is 8.79. The van der Waals surface area contributed by atoms with Crippen LogP contribution in [-0.2, 0) is 25.6 Å². The molecule has 0 bridgehead atoms. The quantitative estimate of drug-likeness (QED) is 0.589. The number of carbonyl (C=O) groups excluding carboxylic acids is 3. The van der Waals surface area contributed by atoms with Gasteiger partial charge in [0.15, 0.2) is 6.10 Å². The molecule has 1 amide bonds. The van der Waals surface area contributed by atoms with Crippen molar-refractivity contribution < 1.29 is 23.9 Å². The fourth-order valence-corrected chi connectivity index (χ4v) is 2.32. The van der Waals surface area contributed by atoms with Crippen LogP contribution in [0.15, 0.2) is 54.6 Å². The Morgan fingerprint density at radius 3 is 2.29 bits per heavy atom. The Morgan fingerprint density at radius 2 is 1.68 bits per heavy atom. The zero-order valence-electron chi connectivity index (χ0n) is 16.1. The van der Waals surface area contributed by atoms with Crippen LogP contribution in [0, 0.1) is 6.92 Å². The zero-order valence-corrected chi connectivity index (χ0v) is 16.1. The number of benzene rings is 2. The highest BCUT2D eigenvalue weighted by Gasteiger charge is 2.16. The van der Waals surface area contributed by atoms with Gasteiger partial charge in [0.25, 0.3) is 5.91 Å². The van der Waals surface area contributed by atoms with Crippen LogP contribution in [0.5, 0.6) is 0 Å². The molecule has 0 saturated heterocycles. The van der Waals surface area contributed by atoms with Gasteiger partial charge in [-0.1, -0.05) is 42.0 Å². The van der Waals surface area contributed by atoms with Crippen molar-refractivity contribution in [2.24, 2.45) is 0 Å². The standard InChI is InChI=1S/C22H23NO5/c1-15-4-6-18(7-5-15)14-23-21(25)16(2)28-20(24)13-10-17-8-11-19(12-9-17)22(26)27-3/h4-13,16H,14H2,1-3H3,(H,23,25)/b13-10+/t16-/m0/s1. The molecule has 0 saturated carbocycles. The molecule has 0 heterocycles. The van der Waals surface area contributed by atoms with E-state index in [1.807, 2.05) is 31.2 Å². The lowest BCUT2D eigenvalue weighted by Crippen LogP contribution is -2.35. The number of nitrogens with one attached hydrogen (secondary N) is 1. The summed E-state index contributed by atoms with van der Waals surface area (Å²) in [5, 5.41) is 2.74. The molecular formula is C22H23NO5. The molecule has 2 rings (SSSR count). The van der Waals surface area contributed by atoms with Gasteiger partial charge in [-0.25, -0.2) is 9.59 Å². The van der Waals surface area contributed by atoms with Gasteiger partial charge in [-0.15, -0.1) is 0 Å². The third-order valence-electron chi connectivity index (χ3n) is 3.99. The summed E-state index contributed by atoms with van der Waals surface area (Å²) >= 11 is 0. The molecule has 0 fully saturated rings. The summed E-state index contributed by atoms with van der Waals surface area (Å²) in [7, 11) is 1.31. The van der Waals surface area contributed by atoms with Gasteiger partial charge in [0.05, 0.1) is 12.7 Å². The highest BCUT2D eigenvalue weighted by Crippen LogP contribution is 2.08. The van der Waals surface area contributed by atoms with Crippen molar-refractivity contribution in [3.05, 3.63) is 76.9 Å². The third kappa shape index (κ3) is 6.39. The van der Waals surface area contributed by atoms with Gasteiger partial charge in [0, 0.05) is 12.6 Å². The molecule has 0 unspecified atom stereocenters. The molecule has 28 heavy (non-hydrogen) atoms. The predicted molar refractivity (Wildman–Crippen MR) is 105 cm³/mol. The molecule has 6 heteroatoms. The smallest absolute Gasteiger partial charge is 0.337 e. The fourth-order valence-electron chi connectivity index (χ4n) is 2.32. The van der Waals surface area contributed by atoms with Gasteiger partial charge in [0.2, 0.25) is 0 Å². The molecule has 1 atom stereocenters. The molecule has 2 aromatic carbocycles. The molecule has 0 aliphatic carbocycles. The first-order chi connectivity index (χ1) is 13.4. The molecule has 146 valence electrons. The summed E-state index contributed by atoms with van der Waals surface area (Å²) in [5.41, 5.74) is 3.24. The highest BCUT2D eigenvalue weighted by molar-refractivity contribution is 5.91. The second kappa shape index (κ2) is 10.1. The zero-order chi connectivity index (χ0) is 20.5. The van der Waals surface area contributed by atoms with E-state index in [0.717, 1.165) is 11.1 Å². The van der Waals surface area contributed by atoms with Crippen LogP contribution in [0.4, 0.5) is 0 Å². The van der Waals surface area contributed by atoms with Crippen LogP contribution in [0.3, 0.4) is 0 Å². The van der Waals surface area contributed by atoms with Crippen molar-refractivity contribution in [2.45, 2.75) is 26.5 Å². The van der Waals surface area contributed by atoms with E-state index in [0.29, 0.717) is 17.7 Å². The van der Waals surface area contributed by atoms with Gasteiger partial charge in [0.1, 0.15) is 0 Å². The van der Waals surface area contributed by atoms with Crippen molar-refractivity contribution in [1.82, 2.24) is 5.32 Å². The Morgan fingerprint density at radius 1 is 1.04 bits per heavy atom. The van der Waals surface area contributed by atoms with E-state index in [4.69, 9.17) is 4.74 Å². The summed E-state index contributed by atoms with van der Waals surface area (Å²) in [6.45, 7) is 3.87. The molecular weight excluding hydrogens is 358 g/mol. The van der Waals surface area contributed by atoms with Crippen molar-refractivity contribution in [3.63, 3.8) is 0 Å². The van der Waals surface area contributed by atoms with Crippen LogP contribution in [0.1, 0.15) is 34.0 Å². The normalized spacial score (nSPS) is 11.7. The summed E-state index contributed by atoms with van der Waals surface area (Å²) in [6, 6.07) is 14.3. The Labute approximate surface area is 164 Å². The lowest BCUT2D eigenvalue weighted by Gasteiger charge is -2.12. The summed E-state index contributed by atoms with van der Waals surface area (Å²) in [5.74, 6) is -1.43. The predicted octanol–water partition coefficient (Wildman–Crippen LogP) is 3.04. The van der Waals surface area contributed by atoms with Crippen molar-refractivity contribution in [3.8, 4) is 0 Å². The Balaban J connectivity index is 1.82. The number of hydrogen-bond acceptors (Lipinski definition) is 5. The van der Waals surface area contributed by atoms with Crippen LogP contribution in [0.2, 0.25) is 0 Å². The number of carbonyl (C=O) groups is 3.